The Kier molecular flexibility index (Phi) is 6.04. The maximum atomic E-state index is 12.6. The van der Waals surface area contributed by atoms with Crippen LogP contribution in [0.25, 0.3) is 5.65 Å². The van der Waals surface area contributed by atoms with Gasteiger partial charge in [0.2, 0.25) is 0 Å². The van der Waals surface area contributed by atoms with Crippen LogP contribution in [0.2, 0.25) is 0 Å². The summed E-state index contributed by atoms with van der Waals surface area (Å²) in [5, 5.41) is 5.84. The second kappa shape index (κ2) is 9.06. The third-order valence-corrected chi connectivity index (χ3v) is 6.09. The average Bonchev–Trinajstić information content (AvgIpc) is 2.76. The van der Waals surface area contributed by atoms with E-state index in [2.05, 4.69) is 15.6 Å². The molecule has 0 aliphatic rings. The molecule has 0 aliphatic carbocycles. The van der Waals surface area contributed by atoms with Crippen molar-refractivity contribution in [2.24, 2.45) is 0 Å². The molecule has 0 saturated heterocycles. The maximum absolute atomic E-state index is 12.6. The Hall–Kier alpha value is -3.58. The molecule has 2 aromatic heterocycles. The molecule has 0 unspecified atom stereocenters. The van der Waals surface area contributed by atoms with Crippen molar-refractivity contribution in [3.05, 3.63) is 100 Å². The molecule has 0 atom stereocenters. The minimum Gasteiger partial charge on any atom is -0.307 e. The predicted molar refractivity (Wildman–Crippen MR) is 126 cm³/mol. The summed E-state index contributed by atoms with van der Waals surface area (Å²) in [7, 11) is 0. The van der Waals surface area contributed by atoms with Gasteiger partial charge in [0.05, 0.1) is 11.4 Å². The van der Waals surface area contributed by atoms with Crippen molar-refractivity contribution < 1.29 is 4.79 Å². The summed E-state index contributed by atoms with van der Waals surface area (Å²) in [5.41, 5.74) is 4.83. The number of pyridine rings is 1. The number of para-hydroxylation sites is 1. The fraction of sp³-hybridized carbons (Fsp3) is 0.125. The molecule has 31 heavy (non-hydrogen) atoms. The molecular formula is C24H22N4O2S. The van der Waals surface area contributed by atoms with Gasteiger partial charge in [-0.1, -0.05) is 30.3 Å². The Morgan fingerprint density at radius 1 is 0.968 bits per heavy atom. The summed E-state index contributed by atoms with van der Waals surface area (Å²) in [4.78, 5) is 30.3. The third kappa shape index (κ3) is 4.78. The highest BCUT2D eigenvalue weighted by molar-refractivity contribution is 7.98. The monoisotopic (exact) mass is 430 g/mol. The molecule has 2 aromatic carbocycles. The van der Waals surface area contributed by atoms with E-state index in [1.807, 2.05) is 68.4 Å². The SMILES string of the molecule is Cc1cccc(NC(=O)Nc2ccccc2SCc2cc(=O)n3ccccc3n2)c1C. The fourth-order valence-corrected chi connectivity index (χ4v) is 4.09. The van der Waals surface area contributed by atoms with Crippen LogP contribution in [0.3, 0.4) is 0 Å². The van der Waals surface area contributed by atoms with Crippen molar-refractivity contribution in [3.63, 3.8) is 0 Å². The lowest BCUT2D eigenvalue weighted by atomic mass is 10.1. The zero-order valence-corrected chi connectivity index (χ0v) is 18.1. The summed E-state index contributed by atoms with van der Waals surface area (Å²) >= 11 is 1.52. The second-order valence-electron chi connectivity index (χ2n) is 7.13. The minimum atomic E-state index is -0.302. The van der Waals surface area contributed by atoms with Gasteiger partial charge in [0.1, 0.15) is 5.65 Å². The number of nitrogens with zero attached hydrogens (tertiary/aromatic N) is 2. The van der Waals surface area contributed by atoms with Gasteiger partial charge in [-0.25, -0.2) is 9.78 Å². The van der Waals surface area contributed by atoms with Crippen LogP contribution in [0.1, 0.15) is 16.8 Å². The fourth-order valence-electron chi connectivity index (χ4n) is 3.19. The van der Waals surface area contributed by atoms with Gasteiger partial charge in [-0.15, -0.1) is 11.8 Å². The van der Waals surface area contributed by atoms with E-state index in [-0.39, 0.29) is 11.6 Å². The molecule has 4 aromatic rings. The number of carbonyl (C=O) groups excluding carboxylic acids is 1. The van der Waals surface area contributed by atoms with Gasteiger partial charge < -0.3 is 10.6 Å². The molecule has 2 amide bonds. The van der Waals surface area contributed by atoms with E-state index in [1.54, 1.807) is 18.3 Å². The van der Waals surface area contributed by atoms with E-state index in [4.69, 9.17) is 0 Å². The van der Waals surface area contributed by atoms with Gasteiger partial charge >= 0.3 is 6.03 Å². The van der Waals surface area contributed by atoms with Crippen LogP contribution in [-0.4, -0.2) is 15.4 Å². The van der Waals surface area contributed by atoms with Crippen LogP contribution in [-0.2, 0) is 5.75 Å². The van der Waals surface area contributed by atoms with Gasteiger partial charge in [-0.3, -0.25) is 9.20 Å². The first kappa shape index (κ1) is 20.7. The zero-order valence-electron chi connectivity index (χ0n) is 17.3. The number of hydrogen-bond acceptors (Lipinski definition) is 4. The van der Waals surface area contributed by atoms with Gasteiger partial charge in [-0.2, -0.15) is 0 Å². The molecule has 0 radical (unpaired) electrons. The van der Waals surface area contributed by atoms with Gasteiger partial charge in [-0.05, 0) is 55.3 Å². The number of urea groups is 1. The summed E-state index contributed by atoms with van der Waals surface area (Å²) < 4.78 is 1.52. The smallest absolute Gasteiger partial charge is 0.307 e. The number of thioether (sulfide) groups is 1. The molecule has 0 saturated carbocycles. The number of hydrogen-bond donors (Lipinski definition) is 2. The molecule has 7 heteroatoms. The lowest BCUT2D eigenvalue weighted by molar-refractivity contribution is 0.262. The van der Waals surface area contributed by atoms with E-state index >= 15 is 0 Å². The molecule has 156 valence electrons. The Morgan fingerprint density at radius 3 is 2.58 bits per heavy atom. The minimum absolute atomic E-state index is 0.111. The van der Waals surface area contributed by atoms with Crippen molar-refractivity contribution in [2.75, 3.05) is 10.6 Å². The first-order valence-electron chi connectivity index (χ1n) is 9.84. The number of rotatable bonds is 5. The van der Waals surface area contributed by atoms with Crippen LogP contribution in [0, 0.1) is 13.8 Å². The number of carbonyl (C=O) groups is 1. The van der Waals surface area contributed by atoms with E-state index in [0.29, 0.717) is 22.8 Å². The highest BCUT2D eigenvalue weighted by Crippen LogP contribution is 2.29. The molecule has 0 spiro atoms. The number of benzene rings is 2. The second-order valence-corrected chi connectivity index (χ2v) is 8.14. The van der Waals surface area contributed by atoms with E-state index in [1.165, 1.54) is 16.2 Å². The molecule has 6 nitrogen and oxygen atoms in total. The van der Waals surface area contributed by atoms with Crippen LogP contribution in [0.5, 0.6) is 0 Å². The van der Waals surface area contributed by atoms with E-state index in [9.17, 15) is 9.59 Å². The summed E-state index contributed by atoms with van der Waals surface area (Å²) in [6.45, 7) is 3.99. The van der Waals surface area contributed by atoms with Crippen LogP contribution in [0.15, 0.2) is 82.6 Å². The number of nitrogens with one attached hydrogen (secondary N) is 2. The Balaban J connectivity index is 1.48. The quantitative estimate of drug-likeness (QED) is 0.424. The van der Waals surface area contributed by atoms with Gasteiger partial charge in [0.25, 0.3) is 5.56 Å². The zero-order chi connectivity index (χ0) is 21.8. The first-order chi connectivity index (χ1) is 15.0. The van der Waals surface area contributed by atoms with E-state index < -0.39 is 0 Å². The predicted octanol–water partition coefficient (Wildman–Crippen LogP) is 5.25. The lowest BCUT2D eigenvalue weighted by Gasteiger charge is -2.13. The normalized spacial score (nSPS) is 10.8. The van der Waals surface area contributed by atoms with Gasteiger partial charge in [0, 0.05) is 28.6 Å². The Morgan fingerprint density at radius 2 is 1.71 bits per heavy atom. The Labute approximate surface area is 184 Å². The highest BCUT2D eigenvalue weighted by atomic mass is 32.2. The van der Waals surface area contributed by atoms with Gasteiger partial charge in [0.15, 0.2) is 0 Å². The van der Waals surface area contributed by atoms with Crippen molar-refractivity contribution in [2.45, 2.75) is 24.5 Å². The third-order valence-electron chi connectivity index (χ3n) is 4.99. The lowest BCUT2D eigenvalue weighted by Crippen LogP contribution is -2.20. The standard InChI is InChI=1S/C24H22N4O2S/c1-16-8-7-10-19(17(16)2)26-24(30)27-20-9-3-4-11-21(20)31-15-18-14-23(29)28-13-6-5-12-22(28)25-18/h3-14H,15H2,1-2H3,(H2,26,27,30). The first-order valence-corrected chi connectivity index (χ1v) is 10.8. The number of amides is 2. The molecule has 2 N–H and O–H groups in total. The topological polar surface area (TPSA) is 75.5 Å². The average molecular weight is 431 g/mol. The number of anilines is 2. The molecular weight excluding hydrogens is 408 g/mol. The molecule has 0 aliphatic heterocycles. The number of aryl methyl sites for hydroxylation is 1. The number of aromatic nitrogens is 2. The molecule has 0 fully saturated rings. The summed E-state index contributed by atoms with van der Waals surface area (Å²) in [5.74, 6) is 0.512. The van der Waals surface area contributed by atoms with Crippen LogP contribution in [0.4, 0.5) is 16.2 Å². The molecule has 4 rings (SSSR count). The van der Waals surface area contributed by atoms with Crippen LogP contribution >= 0.6 is 11.8 Å². The molecule has 2 heterocycles. The van der Waals surface area contributed by atoms with Crippen molar-refractivity contribution in [3.8, 4) is 0 Å². The highest BCUT2D eigenvalue weighted by Gasteiger charge is 2.10. The number of fused-ring (bicyclic) bond motifs is 1. The molecule has 0 bridgehead atoms. The van der Waals surface area contributed by atoms with Crippen LogP contribution < -0.4 is 16.2 Å². The summed E-state index contributed by atoms with van der Waals surface area (Å²) in [6, 6.07) is 20.1. The van der Waals surface area contributed by atoms with Crippen molar-refractivity contribution in [1.29, 1.82) is 0 Å². The largest absolute Gasteiger partial charge is 0.323 e. The maximum Gasteiger partial charge on any atom is 0.323 e. The van der Waals surface area contributed by atoms with Crippen molar-refractivity contribution in [1.82, 2.24) is 9.38 Å². The van der Waals surface area contributed by atoms with Crippen molar-refractivity contribution >= 4 is 34.8 Å². The van der Waals surface area contributed by atoms with E-state index in [0.717, 1.165) is 21.7 Å². The summed E-state index contributed by atoms with van der Waals surface area (Å²) in [6.07, 6.45) is 1.70. The Bertz CT molecular complexity index is 1320.